The van der Waals surface area contributed by atoms with Crippen molar-refractivity contribution in [2.45, 2.75) is 39.0 Å². The van der Waals surface area contributed by atoms with Crippen molar-refractivity contribution < 1.29 is 4.68 Å². The predicted octanol–water partition coefficient (Wildman–Crippen LogP) is 5.22. The molecule has 160 valence electrons. The number of aryl methyl sites for hydroxylation is 1. The summed E-state index contributed by atoms with van der Waals surface area (Å²) >= 11 is 0. The van der Waals surface area contributed by atoms with Crippen molar-refractivity contribution in [1.29, 1.82) is 5.41 Å². The van der Waals surface area contributed by atoms with E-state index in [4.69, 9.17) is 5.41 Å². The van der Waals surface area contributed by atoms with Gasteiger partial charge in [0.2, 0.25) is 5.96 Å². The maximum absolute atomic E-state index is 8.35. The Morgan fingerprint density at radius 3 is 2.48 bits per heavy atom. The highest BCUT2D eigenvalue weighted by Gasteiger charge is 2.17. The zero-order valence-electron chi connectivity index (χ0n) is 18.0. The summed E-state index contributed by atoms with van der Waals surface area (Å²) in [7, 11) is 0. The number of hydrazine groups is 1. The summed E-state index contributed by atoms with van der Waals surface area (Å²) in [4.78, 5) is 6.65. The molecule has 0 saturated heterocycles. The Morgan fingerprint density at radius 1 is 0.968 bits per heavy atom. The molecule has 0 fully saturated rings. The van der Waals surface area contributed by atoms with Crippen LogP contribution in [0.15, 0.2) is 60.9 Å². The number of aromatic nitrogens is 2. The van der Waals surface area contributed by atoms with E-state index in [2.05, 4.69) is 76.4 Å². The molecule has 0 atom stereocenters. The van der Waals surface area contributed by atoms with E-state index < -0.39 is 0 Å². The fourth-order valence-corrected chi connectivity index (χ4v) is 3.87. The third kappa shape index (κ3) is 4.97. The van der Waals surface area contributed by atoms with Gasteiger partial charge in [-0.2, -0.15) is 0 Å². The number of unbranched alkanes of at least 4 members (excludes halogenated alkanes) is 2. The molecular weight excluding hydrogens is 384 g/mol. The fraction of sp³-hybridized carbons (Fsp3) is 0.280. The summed E-state index contributed by atoms with van der Waals surface area (Å²) in [5.74, 6) is 0.310. The second kappa shape index (κ2) is 9.98. The Kier molecular flexibility index (Phi) is 6.67. The van der Waals surface area contributed by atoms with Gasteiger partial charge in [-0.15, -0.1) is 5.43 Å². The van der Waals surface area contributed by atoms with E-state index in [1.807, 2.05) is 23.0 Å². The Balaban J connectivity index is 1.29. The quantitative estimate of drug-likeness (QED) is 0.0854. The molecule has 0 aliphatic heterocycles. The first-order chi connectivity index (χ1) is 15.3. The molecular formula is C25H31N6+. The van der Waals surface area contributed by atoms with Crippen LogP contribution in [-0.2, 0) is 6.42 Å². The third-order valence-corrected chi connectivity index (χ3v) is 5.51. The molecule has 2 aromatic heterocycles. The Labute approximate surface area is 182 Å². The van der Waals surface area contributed by atoms with Crippen LogP contribution in [0, 0.1) is 5.41 Å². The van der Waals surface area contributed by atoms with Crippen molar-refractivity contribution in [2.24, 2.45) is 0 Å². The summed E-state index contributed by atoms with van der Waals surface area (Å²) in [5.41, 5.74) is 7.87. The number of nitrogens with one attached hydrogen (secondary N) is 5. The van der Waals surface area contributed by atoms with Crippen LogP contribution < -0.4 is 10.7 Å². The van der Waals surface area contributed by atoms with E-state index >= 15 is 0 Å². The molecule has 0 spiro atoms. The molecule has 0 saturated carbocycles. The highest BCUT2D eigenvalue weighted by Crippen LogP contribution is 2.24. The van der Waals surface area contributed by atoms with Gasteiger partial charge in [0.1, 0.15) is 0 Å². The molecule has 0 unspecified atom stereocenters. The number of hydrogen-bond acceptors (Lipinski definition) is 1. The zero-order valence-corrected chi connectivity index (χ0v) is 18.0. The number of aromatic amines is 2. The number of hydrazone groups is 1. The van der Waals surface area contributed by atoms with Crippen molar-refractivity contribution in [3.63, 3.8) is 0 Å². The van der Waals surface area contributed by atoms with Crippen LogP contribution >= 0.6 is 0 Å². The molecule has 0 radical (unpaired) electrons. The third-order valence-electron chi connectivity index (χ3n) is 5.51. The SMILES string of the molecule is CCCC=[N+](NC(=N)NCCCCc1c[nH]c2ccccc12)c1c[nH]c2ccccc12. The van der Waals surface area contributed by atoms with E-state index in [1.165, 1.54) is 16.5 Å². The molecule has 6 heteroatoms. The van der Waals surface area contributed by atoms with Gasteiger partial charge >= 0.3 is 0 Å². The van der Waals surface area contributed by atoms with Gasteiger partial charge in [0.05, 0.1) is 17.1 Å². The second-order valence-corrected chi connectivity index (χ2v) is 7.79. The summed E-state index contributed by atoms with van der Waals surface area (Å²) in [5, 5.41) is 14.0. The fourth-order valence-electron chi connectivity index (χ4n) is 3.87. The van der Waals surface area contributed by atoms with Gasteiger partial charge in [0.15, 0.2) is 6.21 Å². The standard InChI is InChI=1S/C25H31N6/c1-2-3-16-31(24-18-29-23-14-7-5-12-21(23)24)30-25(26)27-15-9-8-10-19-17-28-22-13-6-4-11-20(19)22/h4-7,11-14,16-18,28-29H,2-3,8-10,15H2,1H3,(H3,26,27,30)/q+1. The smallest absolute Gasteiger partial charge is 0.260 e. The number of fused-ring (bicyclic) bond motifs is 2. The molecule has 4 aromatic rings. The lowest BCUT2D eigenvalue weighted by Gasteiger charge is -2.08. The molecule has 5 N–H and O–H groups in total. The normalized spacial score (nSPS) is 11.8. The number of benzene rings is 2. The molecule has 6 nitrogen and oxygen atoms in total. The molecule has 0 aliphatic rings. The lowest BCUT2D eigenvalue weighted by molar-refractivity contribution is -0.482. The topological polar surface area (TPSA) is 82.5 Å². The first-order valence-corrected chi connectivity index (χ1v) is 11.1. The van der Waals surface area contributed by atoms with Gasteiger partial charge in [0, 0.05) is 30.1 Å². The molecule has 2 aromatic carbocycles. The molecule has 31 heavy (non-hydrogen) atoms. The molecule has 0 bridgehead atoms. The largest absolute Gasteiger partial charge is 0.361 e. The van der Waals surface area contributed by atoms with Crippen LogP contribution in [0.25, 0.3) is 21.8 Å². The van der Waals surface area contributed by atoms with Crippen molar-refractivity contribution in [2.75, 3.05) is 6.54 Å². The van der Waals surface area contributed by atoms with Gasteiger partial charge in [-0.05, 0) is 49.4 Å². The average Bonchev–Trinajstić information content (AvgIpc) is 3.41. The average molecular weight is 416 g/mol. The van der Waals surface area contributed by atoms with E-state index in [-0.39, 0.29) is 0 Å². The van der Waals surface area contributed by atoms with Crippen LogP contribution in [0.3, 0.4) is 0 Å². The number of nitrogens with zero attached hydrogens (tertiary/aromatic N) is 1. The monoisotopic (exact) mass is 415 g/mol. The van der Waals surface area contributed by atoms with Crippen LogP contribution in [0.1, 0.15) is 38.2 Å². The number of hydrogen-bond donors (Lipinski definition) is 5. The number of para-hydroxylation sites is 2. The van der Waals surface area contributed by atoms with Gasteiger partial charge in [-0.3, -0.25) is 5.41 Å². The molecule has 0 amide bonds. The lowest BCUT2D eigenvalue weighted by Crippen LogP contribution is -2.41. The van der Waals surface area contributed by atoms with E-state index in [0.29, 0.717) is 5.96 Å². The van der Waals surface area contributed by atoms with Gasteiger partial charge in [0.25, 0.3) is 5.69 Å². The number of rotatable bonds is 9. The Morgan fingerprint density at radius 2 is 1.68 bits per heavy atom. The first-order valence-electron chi connectivity index (χ1n) is 11.1. The van der Waals surface area contributed by atoms with Crippen molar-refractivity contribution in [1.82, 2.24) is 20.7 Å². The predicted molar refractivity (Wildman–Crippen MR) is 129 cm³/mol. The van der Waals surface area contributed by atoms with Crippen molar-refractivity contribution in [3.05, 3.63) is 66.5 Å². The Bertz CT molecular complexity index is 1180. The molecule has 0 aliphatic carbocycles. The summed E-state index contributed by atoms with van der Waals surface area (Å²) in [6.07, 6.45) is 11.3. The Hall–Kier alpha value is -3.54. The van der Waals surface area contributed by atoms with E-state index in [1.54, 1.807) is 0 Å². The molecule has 2 heterocycles. The van der Waals surface area contributed by atoms with Gasteiger partial charge in [-0.25, -0.2) is 0 Å². The van der Waals surface area contributed by atoms with Crippen LogP contribution in [0.2, 0.25) is 0 Å². The summed E-state index contributed by atoms with van der Waals surface area (Å²) in [6, 6.07) is 16.6. The van der Waals surface area contributed by atoms with Crippen LogP contribution in [-0.4, -0.2) is 33.4 Å². The zero-order chi connectivity index (χ0) is 21.5. The number of H-pyrrole nitrogens is 2. The minimum absolute atomic E-state index is 0.310. The second-order valence-electron chi connectivity index (χ2n) is 7.79. The minimum atomic E-state index is 0.310. The molecule has 4 rings (SSSR count). The van der Waals surface area contributed by atoms with E-state index in [0.717, 1.165) is 55.2 Å². The minimum Gasteiger partial charge on any atom is -0.361 e. The van der Waals surface area contributed by atoms with Crippen molar-refractivity contribution >= 4 is 39.7 Å². The van der Waals surface area contributed by atoms with Gasteiger partial charge < -0.3 is 15.3 Å². The highest BCUT2D eigenvalue weighted by molar-refractivity contribution is 5.89. The van der Waals surface area contributed by atoms with Crippen LogP contribution in [0.5, 0.6) is 0 Å². The number of guanidine groups is 1. The maximum atomic E-state index is 8.35. The summed E-state index contributed by atoms with van der Waals surface area (Å²) < 4.78 is 1.95. The first kappa shape index (κ1) is 20.7. The summed E-state index contributed by atoms with van der Waals surface area (Å²) in [6.45, 7) is 2.92. The van der Waals surface area contributed by atoms with Crippen molar-refractivity contribution in [3.8, 4) is 0 Å². The van der Waals surface area contributed by atoms with Crippen LogP contribution in [0.4, 0.5) is 5.69 Å². The maximum Gasteiger partial charge on any atom is 0.260 e. The van der Waals surface area contributed by atoms with E-state index in [9.17, 15) is 0 Å². The highest BCUT2D eigenvalue weighted by atomic mass is 15.5. The lowest BCUT2D eigenvalue weighted by atomic mass is 10.1. The van der Waals surface area contributed by atoms with Gasteiger partial charge in [-0.1, -0.05) is 41.9 Å².